The van der Waals surface area contributed by atoms with E-state index in [-0.39, 0.29) is 0 Å². The fourth-order valence-electron chi connectivity index (χ4n) is 1.68. The molecule has 2 rings (SSSR count). The molecule has 2 heterocycles. The van der Waals surface area contributed by atoms with Crippen molar-refractivity contribution in [1.82, 2.24) is 4.98 Å². The van der Waals surface area contributed by atoms with Gasteiger partial charge in [-0.3, -0.25) is 4.21 Å². The Bertz CT molecular complexity index is 374. The number of hydrogen-bond acceptors (Lipinski definition) is 2. The summed E-state index contributed by atoms with van der Waals surface area (Å²) in [4.78, 5) is 4.49. The summed E-state index contributed by atoms with van der Waals surface area (Å²) >= 11 is 0. The van der Waals surface area contributed by atoms with Crippen molar-refractivity contribution in [2.75, 3.05) is 5.75 Å². The lowest BCUT2D eigenvalue weighted by Crippen LogP contribution is -2.13. The van der Waals surface area contributed by atoms with E-state index in [4.69, 9.17) is 0 Å². The molecular formula is C11H15NOS. The van der Waals surface area contributed by atoms with Crippen molar-refractivity contribution < 1.29 is 4.21 Å². The maximum atomic E-state index is 11.7. The van der Waals surface area contributed by atoms with Crippen LogP contribution in [0.2, 0.25) is 0 Å². The number of hydrogen-bond donors (Lipinski definition) is 0. The van der Waals surface area contributed by atoms with E-state index in [1.54, 1.807) is 0 Å². The third-order valence-electron chi connectivity index (χ3n) is 2.54. The first-order chi connectivity index (χ1) is 6.68. The molecule has 0 fully saturated rings. The predicted octanol–water partition coefficient (Wildman–Crippen LogP) is 2.26. The fraction of sp³-hybridized carbons (Fsp3) is 0.545. The molecule has 0 N–H and O–H groups in total. The van der Waals surface area contributed by atoms with Gasteiger partial charge >= 0.3 is 0 Å². The zero-order valence-corrected chi connectivity index (χ0v) is 9.43. The standard InChI is InChI=1S/C11H15NOS/c1-8(2)10-6-5-9-4-3-7-14(13)11(9)12-10/h5-6,8H,3-4,7H2,1-2H3. The van der Waals surface area contributed by atoms with Crippen LogP contribution in [0.15, 0.2) is 17.2 Å². The zero-order valence-electron chi connectivity index (χ0n) is 8.62. The summed E-state index contributed by atoms with van der Waals surface area (Å²) in [5.41, 5.74) is 2.23. The molecule has 1 unspecified atom stereocenters. The third-order valence-corrected chi connectivity index (χ3v) is 3.99. The second-order valence-electron chi connectivity index (χ2n) is 4.01. The van der Waals surface area contributed by atoms with Gasteiger partial charge in [0.1, 0.15) is 5.03 Å². The highest BCUT2D eigenvalue weighted by Gasteiger charge is 2.18. The average molecular weight is 209 g/mol. The molecule has 0 saturated carbocycles. The van der Waals surface area contributed by atoms with E-state index in [2.05, 4.69) is 31.0 Å². The van der Waals surface area contributed by atoms with Gasteiger partial charge in [-0.05, 0) is 30.4 Å². The number of aromatic nitrogens is 1. The Morgan fingerprint density at radius 3 is 2.93 bits per heavy atom. The van der Waals surface area contributed by atoms with Crippen LogP contribution in [-0.4, -0.2) is 14.9 Å². The van der Waals surface area contributed by atoms with E-state index in [9.17, 15) is 4.21 Å². The summed E-state index contributed by atoms with van der Waals surface area (Å²) in [5, 5.41) is 0.836. The largest absolute Gasteiger partial charge is 0.253 e. The fourth-order valence-corrected chi connectivity index (χ4v) is 2.95. The van der Waals surface area contributed by atoms with Gasteiger partial charge in [0, 0.05) is 11.4 Å². The Morgan fingerprint density at radius 1 is 1.43 bits per heavy atom. The first-order valence-electron chi connectivity index (χ1n) is 5.06. The van der Waals surface area contributed by atoms with Gasteiger partial charge in [-0.1, -0.05) is 19.9 Å². The first kappa shape index (κ1) is 9.84. The lowest BCUT2D eigenvalue weighted by atomic mass is 10.1. The molecule has 0 radical (unpaired) electrons. The molecular weight excluding hydrogens is 194 g/mol. The minimum absolute atomic E-state index is 0.416. The van der Waals surface area contributed by atoms with Gasteiger partial charge in [0.15, 0.2) is 0 Å². The first-order valence-corrected chi connectivity index (χ1v) is 6.38. The molecule has 0 spiro atoms. The van der Waals surface area contributed by atoms with Crippen molar-refractivity contribution in [3.63, 3.8) is 0 Å². The Balaban J connectivity index is 2.46. The lowest BCUT2D eigenvalue weighted by molar-refractivity contribution is 0.665. The molecule has 3 heteroatoms. The minimum atomic E-state index is -0.853. The lowest BCUT2D eigenvalue weighted by Gasteiger charge is -2.15. The highest BCUT2D eigenvalue weighted by atomic mass is 32.2. The van der Waals surface area contributed by atoms with E-state index >= 15 is 0 Å². The van der Waals surface area contributed by atoms with Crippen molar-refractivity contribution in [2.45, 2.75) is 37.6 Å². The Morgan fingerprint density at radius 2 is 2.21 bits per heavy atom. The topological polar surface area (TPSA) is 30.0 Å². The predicted molar refractivity (Wildman–Crippen MR) is 57.9 cm³/mol. The van der Waals surface area contributed by atoms with Crippen LogP contribution in [0, 0.1) is 0 Å². The normalized spacial score (nSPS) is 20.9. The molecule has 1 aromatic rings. The molecule has 76 valence electrons. The Labute approximate surface area is 87.2 Å². The molecule has 1 aliphatic heterocycles. The quantitative estimate of drug-likeness (QED) is 0.710. The smallest absolute Gasteiger partial charge is 0.130 e. The van der Waals surface area contributed by atoms with Crippen LogP contribution in [0.3, 0.4) is 0 Å². The zero-order chi connectivity index (χ0) is 10.1. The maximum Gasteiger partial charge on any atom is 0.130 e. The summed E-state index contributed by atoms with van der Waals surface area (Å²) in [7, 11) is -0.853. The maximum absolute atomic E-state index is 11.7. The van der Waals surface area contributed by atoms with Crippen molar-refractivity contribution >= 4 is 10.8 Å². The van der Waals surface area contributed by atoms with Crippen molar-refractivity contribution in [2.24, 2.45) is 0 Å². The van der Waals surface area contributed by atoms with Crippen LogP contribution in [0.25, 0.3) is 0 Å². The van der Waals surface area contributed by atoms with Crippen LogP contribution in [0.5, 0.6) is 0 Å². The van der Waals surface area contributed by atoms with Gasteiger partial charge in [-0.2, -0.15) is 0 Å². The molecule has 0 aliphatic carbocycles. The minimum Gasteiger partial charge on any atom is -0.253 e. The SMILES string of the molecule is CC(C)c1ccc2c(n1)S(=O)CCC2. The summed E-state index contributed by atoms with van der Waals surface area (Å²) in [6.45, 7) is 4.22. The van der Waals surface area contributed by atoms with Crippen LogP contribution in [0.1, 0.15) is 37.4 Å². The van der Waals surface area contributed by atoms with Gasteiger partial charge in [-0.25, -0.2) is 4.98 Å². The number of fused-ring (bicyclic) bond motifs is 1. The van der Waals surface area contributed by atoms with Crippen molar-refractivity contribution in [3.8, 4) is 0 Å². The molecule has 2 nitrogen and oxygen atoms in total. The molecule has 14 heavy (non-hydrogen) atoms. The molecule has 0 aromatic carbocycles. The van der Waals surface area contributed by atoms with Gasteiger partial charge in [0.05, 0.1) is 10.8 Å². The van der Waals surface area contributed by atoms with Gasteiger partial charge in [0.25, 0.3) is 0 Å². The second kappa shape index (κ2) is 3.81. The number of aryl methyl sites for hydroxylation is 1. The summed E-state index contributed by atoms with van der Waals surface area (Å²) < 4.78 is 11.7. The highest BCUT2D eigenvalue weighted by Crippen LogP contribution is 2.22. The second-order valence-corrected chi connectivity index (χ2v) is 5.49. The monoisotopic (exact) mass is 209 g/mol. The van der Waals surface area contributed by atoms with E-state index in [1.807, 2.05) is 0 Å². The molecule has 1 aromatic heterocycles. The number of rotatable bonds is 1. The molecule has 1 aliphatic rings. The van der Waals surface area contributed by atoms with Gasteiger partial charge in [-0.15, -0.1) is 0 Å². The summed E-state index contributed by atoms with van der Waals surface area (Å²) in [6, 6.07) is 4.15. The summed E-state index contributed by atoms with van der Waals surface area (Å²) in [6.07, 6.45) is 2.06. The molecule has 0 bridgehead atoms. The van der Waals surface area contributed by atoms with Gasteiger partial charge < -0.3 is 0 Å². The number of nitrogens with zero attached hydrogens (tertiary/aromatic N) is 1. The highest BCUT2D eigenvalue weighted by molar-refractivity contribution is 7.85. The van der Waals surface area contributed by atoms with E-state index in [0.29, 0.717) is 5.92 Å². The molecule has 0 amide bonds. The van der Waals surface area contributed by atoms with E-state index < -0.39 is 10.8 Å². The van der Waals surface area contributed by atoms with E-state index in [1.165, 1.54) is 5.56 Å². The molecule has 0 saturated heterocycles. The number of pyridine rings is 1. The van der Waals surface area contributed by atoms with E-state index in [0.717, 1.165) is 29.3 Å². The van der Waals surface area contributed by atoms with Gasteiger partial charge in [0.2, 0.25) is 0 Å². The van der Waals surface area contributed by atoms with Crippen LogP contribution < -0.4 is 0 Å². The third kappa shape index (κ3) is 1.73. The average Bonchev–Trinajstić information content (AvgIpc) is 2.18. The van der Waals surface area contributed by atoms with Crippen molar-refractivity contribution in [3.05, 3.63) is 23.4 Å². The van der Waals surface area contributed by atoms with Crippen molar-refractivity contribution in [1.29, 1.82) is 0 Å². The molecule has 1 atom stereocenters. The van der Waals surface area contributed by atoms with Crippen LogP contribution in [-0.2, 0) is 17.2 Å². The van der Waals surface area contributed by atoms with Crippen LogP contribution >= 0.6 is 0 Å². The Hall–Kier alpha value is -0.700. The summed E-state index contributed by atoms with van der Waals surface area (Å²) in [5.74, 6) is 1.20. The van der Waals surface area contributed by atoms with Crippen LogP contribution in [0.4, 0.5) is 0 Å². The Kier molecular flexibility index (Phi) is 2.68.